The van der Waals surface area contributed by atoms with Gasteiger partial charge in [0.25, 0.3) is 0 Å². The Morgan fingerprint density at radius 3 is 2.05 bits per heavy atom. The van der Waals surface area contributed by atoms with Gasteiger partial charge >= 0.3 is 0 Å². The lowest BCUT2D eigenvalue weighted by atomic mass is 10.1. The van der Waals surface area contributed by atoms with Gasteiger partial charge < -0.3 is 19.9 Å². The van der Waals surface area contributed by atoms with E-state index < -0.39 is 0 Å². The van der Waals surface area contributed by atoms with Gasteiger partial charge in [-0.1, -0.05) is 6.92 Å². The maximum Gasteiger partial charge on any atom is 0.130 e. The first-order chi connectivity index (χ1) is 9.58. The number of ether oxygens (including phenoxy) is 3. The first-order valence-corrected chi connectivity index (χ1v) is 6.85. The molecule has 1 heterocycles. The normalized spacial score (nSPS) is 21.8. The van der Waals surface area contributed by atoms with Crippen molar-refractivity contribution in [3.8, 4) is 17.2 Å². The zero-order valence-electron chi connectivity index (χ0n) is 13.1. The van der Waals surface area contributed by atoms with Crippen LogP contribution in [0.4, 0.5) is 0 Å². The number of nitrogens with zero attached hydrogens (tertiary/aromatic N) is 1. The summed E-state index contributed by atoms with van der Waals surface area (Å²) < 4.78 is 16.2. The standard InChI is InChI=1S/C15H24N2O3.ClH/c1-10-7-17(9-13(10)16)8-12-14(19-3)5-11(18-2)6-15(12)20-4;/h5-6,10,13H,7-9,16H2,1-4H3;1H. The number of benzene rings is 1. The maximum atomic E-state index is 6.08. The first-order valence-electron chi connectivity index (χ1n) is 6.85. The van der Waals surface area contributed by atoms with Crippen molar-refractivity contribution in [3.63, 3.8) is 0 Å². The quantitative estimate of drug-likeness (QED) is 0.899. The molecule has 2 rings (SSSR count). The lowest BCUT2D eigenvalue weighted by Gasteiger charge is -2.20. The predicted octanol–water partition coefficient (Wildman–Crippen LogP) is 1.91. The third kappa shape index (κ3) is 3.93. The van der Waals surface area contributed by atoms with Gasteiger partial charge in [-0.15, -0.1) is 12.4 Å². The number of nitrogens with two attached hydrogens (primary N) is 1. The van der Waals surface area contributed by atoms with Crippen LogP contribution in [0.5, 0.6) is 17.2 Å². The molecule has 0 radical (unpaired) electrons. The molecule has 1 aromatic rings. The molecule has 0 bridgehead atoms. The van der Waals surface area contributed by atoms with E-state index in [2.05, 4.69) is 11.8 Å². The summed E-state index contributed by atoms with van der Waals surface area (Å²) in [5.41, 5.74) is 7.12. The van der Waals surface area contributed by atoms with Crippen molar-refractivity contribution < 1.29 is 14.2 Å². The molecule has 0 amide bonds. The highest BCUT2D eigenvalue weighted by Gasteiger charge is 2.28. The number of halogens is 1. The maximum absolute atomic E-state index is 6.08. The van der Waals surface area contributed by atoms with Gasteiger partial charge in [0.2, 0.25) is 0 Å². The minimum Gasteiger partial charge on any atom is -0.496 e. The van der Waals surface area contributed by atoms with E-state index in [1.807, 2.05) is 12.1 Å². The molecule has 6 heteroatoms. The van der Waals surface area contributed by atoms with Gasteiger partial charge in [-0.05, 0) is 5.92 Å². The second kappa shape index (κ2) is 7.73. The van der Waals surface area contributed by atoms with E-state index in [0.29, 0.717) is 5.92 Å². The first kappa shape index (κ1) is 17.9. The Balaban J connectivity index is 0.00000220. The molecule has 1 aliphatic rings. The van der Waals surface area contributed by atoms with Gasteiger partial charge in [0, 0.05) is 37.8 Å². The van der Waals surface area contributed by atoms with Crippen molar-refractivity contribution in [2.24, 2.45) is 11.7 Å². The molecular weight excluding hydrogens is 292 g/mol. The van der Waals surface area contributed by atoms with Crippen molar-refractivity contribution in [3.05, 3.63) is 17.7 Å². The Hall–Kier alpha value is -1.17. The Morgan fingerprint density at radius 1 is 1.10 bits per heavy atom. The van der Waals surface area contributed by atoms with Crippen LogP contribution in [0.15, 0.2) is 12.1 Å². The van der Waals surface area contributed by atoms with Crippen LogP contribution < -0.4 is 19.9 Å². The molecule has 5 nitrogen and oxygen atoms in total. The number of hydrogen-bond donors (Lipinski definition) is 1. The Labute approximate surface area is 132 Å². The molecule has 0 aliphatic carbocycles. The highest BCUT2D eigenvalue weighted by atomic mass is 35.5. The average Bonchev–Trinajstić information content (AvgIpc) is 2.77. The van der Waals surface area contributed by atoms with E-state index >= 15 is 0 Å². The van der Waals surface area contributed by atoms with Gasteiger partial charge in [0.1, 0.15) is 17.2 Å². The van der Waals surface area contributed by atoms with Crippen LogP contribution in [0.25, 0.3) is 0 Å². The van der Waals surface area contributed by atoms with Gasteiger partial charge in [-0.2, -0.15) is 0 Å². The zero-order valence-corrected chi connectivity index (χ0v) is 13.9. The largest absolute Gasteiger partial charge is 0.496 e. The molecule has 1 fully saturated rings. The van der Waals surface area contributed by atoms with E-state index in [4.69, 9.17) is 19.9 Å². The Kier molecular flexibility index (Phi) is 6.58. The summed E-state index contributed by atoms with van der Waals surface area (Å²) in [6.45, 7) is 4.86. The third-order valence-corrected chi connectivity index (χ3v) is 3.94. The summed E-state index contributed by atoms with van der Waals surface area (Å²) in [4.78, 5) is 2.34. The average molecular weight is 317 g/mol. The van der Waals surface area contributed by atoms with Crippen molar-refractivity contribution in [1.29, 1.82) is 0 Å². The fraction of sp³-hybridized carbons (Fsp3) is 0.600. The van der Waals surface area contributed by atoms with Crippen molar-refractivity contribution in [2.45, 2.75) is 19.5 Å². The smallest absolute Gasteiger partial charge is 0.130 e. The summed E-state index contributed by atoms with van der Waals surface area (Å²) in [7, 11) is 4.96. The van der Waals surface area contributed by atoms with Crippen LogP contribution in [0.2, 0.25) is 0 Å². The third-order valence-electron chi connectivity index (χ3n) is 3.94. The van der Waals surface area contributed by atoms with Gasteiger partial charge in [0.05, 0.1) is 26.9 Å². The summed E-state index contributed by atoms with van der Waals surface area (Å²) in [5, 5.41) is 0. The van der Waals surface area contributed by atoms with Crippen LogP contribution in [-0.4, -0.2) is 45.4 Å². The fourth-order valence-corrected chi connectivity index (χ4v) is 2.68. The molecule has 0 aromatic heterocycles. The number of likely N-dealkylation sites (tertiary alicyclic amines) is 1. The van der Waals surface area contributed by atoms with E-state index in [1.165, 1.54) is 0 Å². The van der Waals surface area contributed by atoms with Crippen molar-refractivity contribution in [2.75, 3.05) is 34.4 Å². The summed E-state index contributed by atoms with van der Waals surface area (Å²) >= 11 is 0. The Bertz CT molecular complexity index is 435. The number of rotatable bonds is 5. The Morgan fingerprint density at radius 2 is 1.67 bits per heavy atom. The van der Waals surface area contributed by atoms with E-state index in [-0.39, 0.29) is 18.4 Å². The SMILES string of the molecule is COc1cc(OC)c(CN2CC(C)C(N)C2)c(OC)c1.Cl. The lowest BCUT2D eigenvalue weighted by molar-refractivity contribution is 0.298. The van der Waals surface area contributed by atoms with E-state index in [9.17, 15) is 0 Å². The van der Waals surface area contributed by atoms with Crippen LogP contribution in [0.1, 0.15) is 12.5 Å². The molecule has 0 spiro atoms. The molecule has 1 aliphatic heterocycles. The lowest BCUT2D eigenvalue weighted by Crippen LogP contribution is -2.28. The molecule has 2 unspecified atom stereocenters. The molecule has 2 atom stereocenters. The molecule has 1 aromatic carbocycles. The molecule has 2 N–H and O–H groups in total. The van der Waals surface area contributed by atoms with Gasteiger partial charge in [-0.3, -0.25) is 4.90 Å². The molecular formula is C15H25ClN2O3. The summed E-state index contributed by atoms with van der Waals surface area (Å²) in [5.74, 6) is 2.82. The van der Waals surface area contributed by atoms with Crippen LogP contribution in [0, 0.1) is 5.92 Å². The number of methoxy groups -OCH3 is 3. The van der Waals surface area contributed by atoms with Crippen LogP contribution in [-0.2, 0) is 6.54 Å². The second-order valence-corrected chi connectivity index (χ2v) is 5.35. The van der Waals surface area contributed by atoms with Crippen LogP contribution in [0.3, 0.4) is 0 Å². The minimum atomic E-state index is 0. The van der Waals surface area contributed by atoms with Gasteiger partial charge in [-0.25, -0.2) is 0 Å². The summed E-state index contributed by atoms with van der Waals surface area (Å²) in [6.07, 6.45) is 0. The monoisotopic (exact) mass is 316 g/mol. The summed E-state index contributed by atoms with van der Waals surface area (Å²) in [6, 6.07) is 4.01. The van der Waals surface area contributed by atoms with E-state index in [0.717, 1.165) is 42.4 Å². The molecule has 21 heavy (non-hydrogen) atoms. The molecule has 1 saturated heterocycles. The highest BCUT2D eigenvalue weighted by molar-refractivity contribution is 5.85. The van der Waals surface area contributed by atoms with Crippen molar-refractivity contribution >= 4 is 12.4 Å². The predicted molar refractivity (Wildman–Crippen MR) is 85.8 cm³/mol. The molecule has 120 valence electrons. The zero-order chi connectivity index (χ0) is 14.7. The topological polar surface area (TPSA) is 57.0 Å². The minimum absolute atomic E-state index is 0. The van der Waals surface area contributed by atoms with Gasteiger partial charge in [0.15, 0.2) is 0 Å². The highest BCUT2D eigenvalue weighted by Crippen LogP contribution is 2.35. The van der Waals surface area contributed by atoms with Crippen LogP contribution >= 0.6 is 12.4 Å². The number of hydrogen-bond acceptors (Lipinski definition) is 5. The van der Waals surface area contributed by atoms with Crippen molar-refractivity contribution in [1.82, 2.24) is 4.90 Å². The second-order valence-electron chi connectivity index (χ2n) is 5.35. The molecule has 0 saturated carbocycles. The fourth-order valence-electron chi connectivity index (χ4n) is 2.68. The van der Waals surface area contributed by atoms with E-state index in [1.54, 1.807) is 21.3 Å².